The minimum atomic E-state index is -1.22. The molecular formula is C32H30Cl2FN3O5. The van der Waals surface area contributed by atoms with E-state index in [1.165, 1.54) is 31.4 Å². The predicted molar refractivity (Wildman–Crippen MR) is 162 cm³/mol. The molecule has 3 heterocycles. The van der Waals surface area contributed by atoms with Crippen molar-refractivity contribution in [3.8, 4) is 5.75 Å². The molecule has 8 nitrogen and oxygen atoms in total. The summed E-state index contributed by atoms with van der Waals surface area (Å²) in [4.78, 5) is 44.2. The maximum Gasteiger partial charge on any atom is 0.335 e. The predicted octanol–water partition coefficient (Wildman–Crippen LogP) is 6.31. The summed E-state index contributed by atoms with van der Waals surface area (Å²) in [7, 11) is 1.41. The van der Waals surface area contributed by atoms with Gasteiger partial charge < -0.3 is 15.2 Å². The number of rotatable bonds is 5. The lowest BCUT2D eigenvalue weighted by atomic mass is 9.62. The second-order valence-corrected chi connectivity index (χ2v) is 13.3. The summed E-state index contributed by atoms with van der Waals surface area (Å²) in [5, 5.41) is 12.9. The first kappa shape index (κ1) is 29.4. The van der Waals surface area contributed by atoms with Crippen molar-refractivity contribution in [3.05, 3.63) is 87.2 Å². The van der Waals surface area contributed by atoms with Crippen LogP contribution >= 0.6 is 23.2 Å². The Bertz CT molecular complexity index is 1690. The second-order valence-electron chi connectivity index (χ2n) is 12.5. The zero-order valence-electron chi connectivity index (χ0n) is 24.0. The molecule has 0 radical (unpaired) electrons. The number of carboxylic acid groups (broad SMARTS) is 1. The van der Waals surface area contributed by atoms with Gasteiger partial charge in [0.25, 0.3) is 0 Å². The van der Waals surface area contributed by atoms with Gasteiger partial charge in [-0.05, 0) is 65.4 Å². The number of carboxylic acids is 1. The van der Waals surface area contributed by atoms with Gasteiger partial charge in [0.15, 0.2) is 0 Å². The Labute approximate surface area is 258 Å². The quantitative estimate of drug-likeness (QED) is 0.345. The van der Waals surface area contributed by atoms with E-state index in [1.54, 1.807) is 29.2 Å². The molecule has 3 aliphatic rings. The molecule has 0 aromatic heterocycles. The van der Waals surface area contributed by atoms with Crippen LogP contribution in [0.25, 0.3) is 0 Å². The van der Waals surface area contributed by atoms with Gasteiger partial charge in [0.05, 0.1) is 36.1 Å². The zero-order chi connectivity index (χ0) is 31.0. The van der Waals surface area contributed by atoms with Gasteiger partial charge in [0, 0.05) is 22.7 Å². The summed E-state index contributed by atoms with van der Waals surface area (Å²) in [5.74, 6) is -2.80. The van der Waals surface area contributed by atoms with E-state index >= 15 is 0 Å². The van der Waals surface area contributed by atoms with Crippen molar-refractivity contribution < 1.29 is 28.6 Å². The van der Waals surface area contributed by atoms with Crippen molar-refractivity contribution in [2.24, 2.45) is 5.41 Å². The van der Waals surface area contributed by atoms with E-state index < -0.39 is 35.2 Å². The Balaban J connectivity index is 1.59. The highest BCUT2D eigenvalue weighted by molar-refractivity contribution is 6.31. The second kappa shape index (κ2) is 10.2. The molecule has 3 aliphatic heterocycles. The Morgan fingerprint density at radius 2 is 1.86 bits per heavy atom. The van der Waals surface area contributed by atoms with Crippen molar-refractivity contribution in [2.45, 2.75) is 50.6 Å². The number of carbonyl (C=O) groups is 3. The van der Waals surface area contributed by atoms with Gasteiger partial charge in [-0.15, -0.1) is 0 Å². The van der Waals surface area contributed by atoms with Crippen molar-refractivity contribution in [2.75, 3.05) is 24.0 Å². The summed E-state index contributed by atoms with van der Waals surface area (Å²) in [6, 6.07) is 12.7. The first-order valence-corrected chi connectivity index (χ1v) is 14.6. The number of methoxy groups -OCH3 is 1. The van der Waals surface area contributed by atoms with Crippen molar-refractivity contribution in [3.63, 3.8) is 0 Å². The monoisotopic (exact) mass is 625 g/mol. The molecule has 224 valence electrons. The molecule has 2 N–H and O–H groups in total. The van der Waals surface area contributed by atoms with Gasteiger partial charge in [0.1, 0.15) is 17.0 Å². The van der Waals surface area contributed by atoms with Crippen LogP contribution in [0.15, 0.2) is 54.6 Å². The fraction of sp³-hybridized carbons (Fsp3) is 0.344. The van der Waals surface area contributed by atoms with Gasteiger partial charge in [-0.3, -0.25) is 19.4 Å². The van der Waals surface area contributed by atoms with E-state index in [0.717, 1.165) is 5.56 Å². The van der Waals surface area contributed by atoms with E-state index in [-0.39, 0.29) is 40.2 Å². The summed E-state index contributed by atoms with van der Waals surface area (Å²) >= 11 is 12.6. The number of ether oxygens (including phenoxy) is 1. The van der Waals surface area contributed by atoms with Crippen LogP contribution in [-0.2, 0) is 15.0 Å². The Morgan fingerprint density at radius 1 is 1.12 bits per heavy atom. The van der Waals surface area contributed by atoms with Crippen molar-refractivity contribution >= 4 is 52.4 Å². The molecule has 1 spiro atoms. The molecule has 0 bridgehead atoms. The van der Waals surface area contributed by atoms with Crippen LogP contribution in [0.2, 0.25) is 10.0 Å². The van der Waals surface area contributed by atoms with Gasteiger partial charge in [-0.1, -0.05) is 56.1 Å². The number of nitrogens with one attached hydrogen (secondary N) is 1. The molecule has 0 unspecified atom stereocenters. The number of hydrogen-bond donors (Lipinski definition) is 2. The van der Waals surface area contributed by atoms with Crippen LogP contribution in [0.4, 0.5) is 15.8 Å². The number of fused-ring (bicyclic) bond motifs is 3. The standard InChI is InChI=1S/C32H30Cl2FN3O5/c1-31(2,3)14-25-32(19-8-7-18(33)13-22(19)36-30(32)42)26(16-5-9-21(35)20(34)11-16)27-28(39)37(15-38(25)27)23-10-6-17(29(40)41)12-24(23)43-4/h5-13,25-27H,14-15H2,1-4H3,(H,36,42)(H,40,41)/t25-,26-,27+,32+/m0/s1. The number of nitrogens with zero attached hydrogens (tertiary/aromatic N) is 2. The molecule has 2 fully saturated rings. The van der Waals surface area contributed by atoms with Gasteiger partial charge in [-0.2, -0.15) is 0 Å². The fourth-order valence-corrected chi connectivity index (χ4v) is 7.53. The molecule has 2 saturated heterocycles. The minimum Gasteiger partial charge on any atom is -0.495 e. The topological polar surface area (TPSA) is 99.2 Å². The Kier molecular flexibility index (Phi) is 6.99. The van der Waals surface area contributed by atoms with Gasteiger partial charge >= 0.3 is 5.97 Å². The number of anilines is 2. The number of carbonyl (C=O) groups excluding carboxylic acids is 2. The van der Waals surface area contributed by atoms with Crippen LogP contribution in [-0.4, -0.2) is 53.7 Å². The maximum absolute atomic E-state index is 14.6. The highest BCUT2D eigenvalue weighted by Crippen LogP contribution is 2.61. The fourth-order valence-electron chi connectivity index (χ4n) is 7.17. The van der Waals surface area contributed by atoms with E-state index in [9.17, 15) is 23.9 Å². The van der Waals surface area contributed by atoms with Crippen molar-refractivity contribution in [1.82, 2.24) is 4.90 Å². The Morgan fingerprint density at radius 3 is 2.51 bits per heavy atom. The molecule has 2 amide bonds. The first-order chi connectivity index (χ1) is 20.3. The van der Waals surface area contributed by atoms with Crippen LogP contribution in [0.5, 0.6) is 5.75 Å². The molecule has 3 aromatic rings. The molecule has 6 rings (SSSR count). The third-order valence-electron chi connectivity index (χ3n) is 8.79. The lowest BCUT2D eigenvalue weighted by Gasteiger charge is -2.40. The van der Waals surface area contributed by atoms with Crippen LogP contribution in [0.1, 0.15) is 54.6 Å². The largest absolute Gasteiger partial charge is 0.495 e. The third-order valence-corrected chi connectivity index (χ3v) is 9.32. The highest BCUT2D eigenvalue weighted by Gasteiger charge is 2.71. The minimum absolute atomic E-state index is 0.0223. The molecule has 11 heteroatoms. The first-order valence-electron chi connectivity index (χ1n) is 13.8. The summed E-state index contributed by atoms with van der Waals surface area (Å²) in [6.45, 7) is 6.36. The third kappa shape index (κ3) is 4.48. The van der Waals surface area contributed by atoms with Crippen LogP contribution in [0, 0.1) is 11.2 Å². The normalized spacial score (nSPS) is 24.8. The number of hydrogen-bond acceptors (Lipinski definition) is 5. The van der Waals surface area contributed by atoms with E-state index in [2.05, 4.69) is 26.1 Å². The number of halogens is 3. The smallest absolute Gasteiger partial charge is 0.335 e. The summed E-state index contributed by atoms with van der Waals surface area (Å²) in [5.41, 5.74) is 0.801. The molecule has 3 aromatic carbocycles. The van der Waals surface area contributed by atoms with E-state index in [0.29, 0.717) is 28.4 Å². The average Bonchev–Trinajstić information content (AvgIpc) is 3.52. The molecule has 0 aliphatic carbocycles. The van der Waals surface area contributed by atoms with Crippen LogP contribution < -0.4 is 15.0 Å². The van der Waals surface area contributed by atoms with E-state index in [1.807, 2.05) is 11.0 Å². The Hall–Kier alpha value is -3.66. The summed E-state index contributed by atoms with van der Waals surface area (Å²) < 4.78 is 20.0. The van der Waals surface area contributed by atoms with Gasteiger partial charge in [0.2, 0.25) is 11.8 Å². The maximum atomic E-state index is 14.6. The van der Waals surface area contributed by atoms with Crippen LogP contribution in [0.3, 0.4) is 0 Å². The number of benzene rings is 3. The number of aromatic carboxylic acids is 1. The highest BCUT2D eigenvalue weighted by atomic mass is 35.5. The van der Waals surface area contributed by atoms with Gasteiger partial charge in [-0.25, -0.2) is 9.18 Å². The summed E-state index contributed by atoms with van der Waals surface area (Å²) in [6.07, 6.45) is 0.542. The average molecular weight is 627 g/mol. The molecule has 0 saturated carbocycles. The molecular weight excluding hydrogens is 596 g/mol. The number of amides is 2. The molecule has 43 heavy (non-hydrogen) atoms. The van der Waals surface area contributed by atoms with Crippen molar-refractivity contribution in [1.29, 1.82) is 0 Å². The lowest BCUT2D eigenvalue weighted by Crippen LogP contribution is -2.52. The SMILES string of the molecule is COc1cc(C(=O)O)ccc1N1CN2[C@@H](CC(C)(C)C)[C@@]3(C(=O)Nc4cc(Cl)ccc43)[C@@H](c3ccc(F)c(Cl)c3)[C@@H]2C1=O. The zero-order valence-corrected chi connectivity index (χ0v) is 25.5. The molecule has 4 atom stereocenters. The van der Waals surface area contributed by atoms with E-state index in [4.69, 9.17) is 27.9 Å². The lowest BCUT2D eigenvalue weighted by molar-refractivity contribution is -0.122.